The molecule has 0 aliphatic rings. The predicted octanol–water partition coefficient (Wildman–Crippen LogP) is 5.29. The van der Waals surface area contributed by atoms with Crippen LogP contribution in [0.4, 0.5) is 0 Å². The van der Waals surface area contributed by atoms with Crippen LogP contribution in [0.25, 0.3) is 10.9 Å². The van der Waals surface area contributed by atoms with Gasteiger partial charge in [0.15, 0.2) is 0 Å². The molecule has 1 aromatic heterocycles. The second-order valence-corrected chi connectivity index (χ2v) is 6.73. The molecule has 0 spiro atoms. The number of allylic oxidation sites excluding steroid dienone is 1. The van der Waals surface area contributed by atoms with Gasteiger partial charge in [-0.3, -0.25) is 9.78 Å². The second kappa shape index (κ2) is 10.3. The topological polar surface area (TPSA) is 51.2 Å². The van der Waals surface area contributed by atoms with Crippen molar-refractivity contribution < 1.29 is 9.53 Å². The molecular weight excluding hydrogens is 348 g/mol. The van der Waals surface area contributed by atoms with E-state index in [0.29, 0.717) is 18.7 Å². The number of ether oxygens (including phenoxy) is 1. The Balaban J connectivity index is 1.50. The quantitative estimate of drug-likeness (QED) is 0.387. The number of carbonyl (C=O) groups excluding carboxylic acids is 1. The van der Waals surface area contributed by atoms with Crippen LogP contribution in [0, 0.1) is 0 Å². The molecule has 28 heavy (non-hydrogen) atoms. The summed E-state index contributed by atoms with van der Waals surface area (Å²) in [6, 6.07) is 17.2. The third-order valence-corrected chi connectivity index (χ3v) is 4.54. The van der Waals surface area contributed by atoms with E-state index in [1.165, 1.54) is 0 Å². The van der Waals surface area contributed by atoms with Crippen molar-refractivity contribution in [3.63, 3.8) is 0 Å². The number of unbranched alkanes of at least 4 members (excludes halogenated alkanes) is 3. The summed E-state index contributed by atoms with van der Waals surface area (Å²) < 4.78 is 5.82. The zero-order valence-corrected chi connectivity index (χ0v) is 16.1. The minimum atomic E-state index is -0.0979. The van der Waals surface area contributed by atoms with Gasteiger partial charge in [-0.15, -0.1) is 6.58 Å². The average Bonchev–Trinajstić information content (AvgIpc) is 2.74. The molecule has 0 saturated carbocycles. The molecule has 1 N–H and O–H groups in total. The van der Waals surface area contributed by atoms with Crippen molar-refractivity contribution >= 4 is 16.8 Å². The zero-order chi connectivity index (χ0) is 19.6. The molecule has 4 heteroatoms. The zero-order valence-electron chi connectivity index (χ0n) is 16.1. The van der Waals surface area contributed by atoms with Crippen molar-refractivity contribution in [2.45, 2.75) is 32.2 Å². The van der Waals surface area contributed by atoms with Gasteiger partial charge >= 0.3 is 0 Å². The Labute approximate surface area is 166 Å². The molecule has 0 atom stereocenters. The van der Waals surface area contributed by atoms with Gasteiger partial charge in [-0.05, 0) is 67.6 Å². The Bertz CT molecular complexity index is 937. The first kappa shape index (κ1) is 19.6. The third kappa shape index (κ3) is 5.68. The number of hydrogen-bond donors (Lipinski definition) is 1. The van der Waals surface area contributed by atoms with E-state index in [9.17, 15) is 4.79 Å². The fraction of sp³-hybridized carbons (Fsp3) is 0.250. The molecule has 0 saturated heterocycles. The van der Waals surface area contributed by atoms with Crippen molar-refractivity contribution in [1.29, 1.82) is 0 Å². The van der Waals surface area contributed by atoms with E-state index in [1.54, 1.807) is 12.3 Å². The number of hydrogen-bond acceptors (Lipinski definition) is 3. The highest BCUT2D eigenvalue weighted by atomic mass is 16.5. The van der Waals surface area contributed by atoms with E-state index in [4.69, 9.17) is 4.74 Å². The molecule has 1 heterocycles. The highest BCUT2D eigenvalue weighted by Crippen LogP contribution is 2.16. The molecule has 0 unspecified atom stereocenters. The van der Waals surface area contributed by atoms with Crippen LogP contribution in [0.3, 0.4) is 0 Å². The fourth-order valence-corrected chi connectivity index (χ4v) is 3.00. The van der Waals surface area contributed by atoms with E-state index in [1.807, 2.05) is 54.6 Å². The highest BCUT2D eigenvalue weighted by Gasteiger charge is 2.07. The first-order chi connectivity index (χ1) is 13.8. The van der Waals surface area contributed by atoms with E-state index >= 15 is 0 Å². The third-order valence-electron chi connectivity index (χ3n) is 4.54. The van der Waals surface area contributed by atoms with Crippen LogP contribution in [0.2, 0.25) is 0 Å². The van der Waals surface area contributed by atoms with Gasteiger partial charge in [0.1, 0.15) is 5.75 Å². The molecule has 0 fully saturated rings. The van der Waals surface area contributed by atoms with Gasteiger partial charge in [0.2, 0.25) is 0 Å². The summed E-state index contributed by atoms with van der Waals surface area (Å²) in [4.78, 5) is 16.8. The van der Waals surface area contributed by atoms with Crippen LogP contribution in [0.15, 0.2) is 73.4 Å². The second-order valence-electron chi connectivity index (χ2n) is 6.73. The average molecular weight is 374 g/mol. The van der Waals surface area contributed by atoms with E-state index in [0.717, 1.165) is 47.9 Å². The number of pyridine rings is 1. The minimum absolute atomic E-state index is 0.0979. The summed E-state index contributed by atoms with van der Waals surface area (Å²) in [5.41, 5.74) is 2.53. The van der Waals surface area contributed by atoms with Gasteiger partial charge in [-0.2, -0.15) is 0 Å². The number of nitrogens with zero attached hydrogens (tertiary/aromatic N) is 1. The minimum Gasteiger partial charge on any atom is -0.494 e. The maximum Gasteiger partial charge on any atom is 0.251 e. The molecule has 0 aliphatic carbocycles. The normalized spacial score (nSPS) is 10.6. The Morgan fingerprint density at radius 2 is 2.00 bits per heavy atom. The van der Waals surface area contributed by atoms with Crippen LogP contribution in [0.5, 0.6) is 5.75 Å². The first-order valence-electron chi connectivity index (χ1n) is 9.72. The number of amides is 1. The molecule has 0 radical (unpaired) electrons. The smallest absolute Gasteiger partial charge is 0.251 e. The van der Waals surface area contributed by atoms with Gasteiger partial charge < -0.3 is 10.1 Å². The molecule has 2 aromatic carbocycles. The van der Waals surface area contributed by atoms with Crippen LogP contribution in [0.1, 0.15) is 41.6 Å². The monoisotopic (exact) mass is 374 g/mol. The Morgan fingerprint density at radius 1 is 1.07 bits per heavy atom. The fourth-order valence-electron chi connectivity index (χ4n) is 3.00. The molecule has 4 nitrogen and oxygen atoms in total. The van der Waals surface area contributed by atoms with Crippen LogP contribution >= 0.6 is 0 Å². The van der Waals surface area contributed by atoms with Gasteiger partial charge in [0.25, 0.3) is 5.91 Å². The summed E-state index contributed by atoms with van der Waals surface area (Å²) in [6.45, 7) is 4.90. The summed E-state index contributed by atoms with van der Waals surface area (Å²) >= 11 is 0. The first-order valence-corrected chi connectivity index (χ1v) is 9.72. The number of fused-ring (bicyclic) bond motifs is 1. The van der Waals surface area contributed by atoms with Crippen LogP contribution < -0.4 is 10.1 Å². The number of nitrogens with one attached hydrogen (secondary N) is 1. The molecule has 0 bridgehead atoms. The summed E-state index contributed by atoms with van der Waals surface area (Å²) in [5, 5.41) is 3.93. The summed E-state index contributed by atoms with van der Waals surface area (Å²) in [6.07, 6.45) is 8.09. The van der Waals surface area contributed by atoms with Crippen molar-refractivity contribution in [3.05, 3.63) is 84.6 Å². The Morgan fingerprint density at radius 3 is 2.89 bits per heavy atom. The van der Waals surface area contributed by atoms with Gasteiger partial charge in [-0.25, -0.2) is 0 Å². The lowest BCUT2D eigenvalue weighted by atomic mass is 10.1. The van der Waals surface area contributed by atoms with Crippen molar-refractivity contribution in [2.24, 2.45) is 0 Å². The van der Waals surface area contributed by atoms with Crippen LogP contribution in [-0.2, 0) is 6.54 Å². The van der Waals surface area contributed by atoms with Crippen molar-refractivity contribution in [3.8, 4) is 5.75 Å². The van der Waals surface area contributed by atoms with E-state index < -0.39 is 0 Å². The van der Waals surface area contributed by atoms with Crippen LogP contribution in [-0.4, -0.2) is 17.5 Å². The van der Waals surface area contributed by atoms with Crippen molar-refractivity contribution in [1.82, 2.24) is 10.3 Å². The lowest BCUT2D eigenvalue weighted by molar-refractivity contribution is 0.0951. The number of rotatable bonds is 10. The van der Waals surface area contributed by atoms with Crippen molar-refractivity contribution in [2.75, 3.05) is 6.61 Å². The van der Waals surface area contributed by atoms with E-state index in [2.05, 4.69) is 16.9 Å². The maximum atomic E-state index is 12.5. The Hall–Kier alpha value is -3.14. The number of carbonyl (C=O) groups is 1. The highest BCUT2D eigenvalue weighted by molar-refractivity contribution is 5.97. The van der Waals surface area contributed by atoms with Gasteiger partial charge in [-0.1, -0.05) is 24.3 Å². The molecule has 0 aliphatic heterocycles. The molecule has 3 aromatic rings. The molecule has 1 amide bonds. The summed E-state index contributed by atoms with van der Waals surface area (Å²) in [5.74, 6) is 0.742. The molecular formula is C24H26N2O2. The maximum absolute atomic E-state index is 12.5. The summed E-state index contributed by atoms with van der Waals surface area (Å²) in [7, 11) is 0. The Kier molecular flexibility index (Phi) is 7.19. The van der Waals surface area contributed by atoms with Gasteiger partial charge in [0.05, 0.1) is 12.1 Å². The largest absolute Gasteiger partial charge is 0.494 e. The number of benzene rings is 2. The van der Waals surface area contributed by atoms with Gasteiger partial charge in [0, 0.05) is 23.7 Å². The molecule has 144 valence electrons. The number of aromatic nitrogens is 1. The SMILES string of the molecule is C=CCCCCCOc1cccc(CNC(=O)c2ccc3ncccc3c2)c1. The molecule has 3 rings (SSSR count). The predicted molar refractivity (Wildman–Crippen MR) is 114 cm³/mol. The standard InChI is InChI=1S/C24H26N2O2/c1-2-3-4-5-6-15-28-22-11-7-9-19(16-22)18-26-24(27)21-12-13-23-20(17-21)10-8-14-25-23/h2,7-14,16-17H,1,3-6,15,18H2,(H,26,27). The lowest BCUT2D eigenvalue weighted by Gasteiger charge is -2.09. The van der Waals surface area contributed by atoms with E-state index in [-0.39, 0.29) is 5.91 Å². The lowest BCUT2D eigenvalue weighted by Crippen LogP contribution is -2.22.